The first kappa shape index (κ1) is 12.9. The molecule has 0 fully saturated rings. The quantitative estimate of drug-likeness (QED) is 0.725. The number of hydrogen-bond donors (Lipinski definition) is 3. The Kier molecular flexibility index (Phi) is 3.84. The van der Waals surface area contributed by atoms with Gasteiger partial charge in [-0.15, -0.1) is 0 Å². The molecule has 0 radical (unpaired) electrons. The summed E-state index contributed by atoms with van der Waals surface area (Å²) in [4.78, 5) is 13.1. The lowest BCUT2D eigenvalue weighted by Crippen LogP contribution is -2.38. The first-order valence-corrected chi connectivity index (χ1v) is 6.02. The average molecular weight is 251 g/mol. The Morgan fingerprint density at radius 1 is 1.44 bits per heavy atom. The maximum absolute atomic E-state index is 11.2. The number of aliphatic hydroxyl groups excluding tert-OH is 2. The number of aliphatic hydroxyl groups is 2. The second-order valence-electron chi connectivity index (χ2n) is 4.49. The summed E-state index contributed by atoms with van der Waals surface area (Å²) >= 11 is 0. The van der Waals surface area contributed by atoms with Gasteiger partial charge in [-0.25, -0.2) is 4.79 Å². The van der Waals surface area contributed by atoms with Crippen molar-refractivity contribution in [2.45, 2.75) is 18.9 Å². The molecule has 1 aliphatic rings. The number of carboxylic acids is 1. The molecule has 98 valence electrons. The predicted octanol–water partition coefficient (Wildman–Crippen LogP) is 0.491. The maximum atomic E-state index is 11.2. The van der Waals surface area contributed by atoms with Gasteiger partial charge in [-0.1, -0.05) is 6.07 Å². The van der Waals surface area contributed by atoms with Crippen LogP contribution in [0.1, 0.15) is 22.3 Å². The van der Waals surface area contributed by atoms with Crippen LogP contribution in [-0.2, 0) is 6.42 Å². The molecule has 1 aliphatic heterocycles. The number of benzene rings is 1. The van der Waals surface area contributed by atoms with E-state index in [0.717, 1.165) is 30.6 Å². The van der Waals surface area contributed by atoms with Crippen LogP contribution in [0, 0.1) is 0 Å². The zero-order valence-corrected chi connectivity index (χ0v) is 10.0. The van der Waals surface area contributed by atoms with Crippen molar-refractivity contribution in [3.05, 3.63) is 29.3 Å². The van der Waals surface area contributed by atoms with Crippen LogP contribution in [-0.4, -0.2) is 47.1 Å². The molecule has 0 bridgehead atoms. The van der Waals surface area contributed by atoms with Gasteiger partial charge in [-0.2, -0.15) is 0 Å². The van der Waals surface area contributed by atoms with Crippen LogP contribution in [0.25, 0.3) is 0 Å². The number of carboxylic acid groups (broad SMARTS) is 1. The molecule has 3 N–H and O–H groups in total. The van der Waals surface area contributed by atoms with Crippen molar-refractivity contribution in [1.82, 2.24) is 0 Å². The van der Waals surface area contributed by atoms with E-state index in [-0.39, 0.29) is 6.61 Å². The van der Waals surface area contributed by atoms with Gasteiger partial charge in [-0.05, 0) is 30.5 Å². The SMILES string of the molecule is O=C(O)c1cccc2c1CCCN2CC(O)CO. The number of aromatic carboxylic acids is 1. The van der Waals surface area contributed by atoms with E-state index in [1.54, 1.807) is 12.1 Å². The first-order valence-electron chi connectivity index (χ1n) is 6.02. The summed E-state index contributed by atoms with van der Waals surface area (Å²) in [5.74, 6) is -0.920. The number of rotatable bonds is 4. The topological polar surface area (TPSA) is 81.0 Å². The van der Waals surface area contributed by atoms with Gasteiger partial charge in [0.15, 0.2) is 0 Å². The van der Waals surface area contributed by atoms with Crippen molar-refractivity contribution >= 4 is 11.7 Å². The van der Waals surface area contributed by atoms with E-state index in [9.17, 15) is 9.90 Å². The van der Waals surface area contributed by atoms with E-state index >= 15 is 0 Å². The highest BCUT2D eigenvalue weighted by atomic mass is 16.4. The lowest BCUT2D eigenvalue weighted by Gasteiger charge is -2.33. The molecule has 1 aromatic carbocycles. The summed E-state index contributed by atoms with van der Waals surface area (Å²) in [5, 5.41) is 27.5. The van der Waals surface area contributed by atoms with Crippen LogP contribution < -0.4 is 4.90 Å². The average Bonchev–Trinajstić information content (AvgIpc) is 2.38. The third-order valence-electron chi connectivity index (χ3n) is 3.22. The predicted molar refractivity (Wildman–Crippen MR) is 67.0 cm³/mol. The van der Waals surface area contributed by atoms with E-state index in [1.165, 1.54) is 0 Å². The first-order chi connectivity index (χ1) is 8.63. The molecule has 0 amide bonds. The van der Waals surface area contributed by atoms with Crippen molar-refractivity contribution in [1.29, 1.82) is 0 Å². The molecule has 5 nitrogen and oxygen atoms in total. The van der Waals surface area contributed by atoms with Gasteiger partial charge in [0.25, 0.3) is 0 Å². The van der Waals surface area contributed by atoms with E-state index in [2.05, 4.69) is 0 Å². The van der Waals surface area contributed by atoms with E-state index in [0.29, 0.717) is 12.1 Å². The Hall–Kier alpha value is -1.59. The Bertz CT molecular complexity index is 447. The fraction of sp³-hybridized carbons (Fsp3) is 0.462. The molecule has 0 saturated heterocycles. The standard InChI is InChI=1S/C13H17NO4/c15-8-9(16)7-14-6-2-4-10-11(13(17)18)3-1-5-12(10)14/h1,3,5,9,15-16H,2,4,6-8H2,(H,17,18). The molecule has 5 heteroatoms. The molecule has 0 aromatic heterocycles. The van der Waals surface area contributed by atoms with Crippen LogP contribution in [0.2, 0.25) is 0 Å². The summed E-state index contributed by atoms with van der Waals surface area (Å²) in [5.41, 5.74) is 2.01. The number of carbonyl (C=O) groups is 1. The highest BCUT2D eigenvalue weighted by Crippen LogP contribution is 2.29. The molecule has 18 heavy (non-hydrogen) atoms. The number of anilines is 1. The Balaban J connectivity index is 2.32. The highest BCUT2D eigenvalue weighted by molar-refractivity contribution is 5.91. The maximum Gasteiger partial charge on any atom is 0.336 e. The number of nitrogens with zero attached hydrogens (tertiary/aromatic N) is 1. The monoisotopic (exact) mass is 251 g/mol. The Morgan fingerprint density at radius 3 is 2.89 bits per heavy atom. The second-order valence-corrected chi connectivity index (χ2v) is 4.49. The van der Waals surface area contributed by atoms with Gasteiger partial charge < -0.3 is 20.2 Å². The fourth-order valence-electron chi connectivity index (χ4n) is 2.40. The van der Waals surface area contributed by atoms with Crippen molar-refractivity contribution in [2.24, 2.45) is 0 Å². The van der Waals surface area contributed by atoms with Crippen LogP contribution >= 0.6 is 0 Å². The summed E-state index contributed by atoms with van der Waals surface area (Å²) < 4.78 is 0. The lowest BCUT2D eigenvalue weighted by molar-refractivity contribution is 0.0695. The number of β-amino-alcohol motifs (C(OH)–C–C–N with tert-alkyl or cyclic N) is 1. The molecule has 1 atom stereocenters. The summed E-state index contributed by atoms with van der Waals surface area (Å²) in [6.07, 6.45) is 0.795. The summed E-state index contributed by atoms with van der Waals surface area (Å²) in [6, 6.07) is 5.18. The largest absolute Gasteiger partial charge is 0.478 e. The van der Waals surface area contributed by atoms with Gasteiger partial charge in [0.2, 0.25) is 0 Å². The van der Waals surface area contributed by atoms with Gasteiger partial charge in [0.05, 0.1) is 18.3 Å². The van der Waals surface area contributed by atoms with Crippen LogP contribution in [0.15, 0.2) is 18.2 Å². The minimum absolute atomic E-state index is 0.287. The molecular formula is C13H17NO4. The summed E-state index contributed by atoms with van der Waals surface area (Å²) in [6.45, 7) is 0.810. The second kappa shape index (κ2) is 5.37. The molecule has 0 saturated carbocycles. The number of fused-ring (bicyclic) bond motifs is 1. The Morgan fingerprint density at radius 2 is 2.22 bits per heavy atom. The van der Waals surface area contributed by atoms with E-state index < -0.39 is 12.1 Å². The van der Waals surface area contributed by atoms with E-state index in [1.807, 2.05) is 11.0 Å². The van der Waals surface area contributed by atoms with E-state index in [4.69, 9.17) is 10.2 Å². The molecule has 0 aliphatic carbocycles. The van der Waals surface area contributed by atoms with Gasteiger partial charge in [-0.3, -0.25) is 0 Å². The fourth-order valence-corrected chi connectivity index (χ4v) is 2.40. The smallest absolute Gasteiger partial charge is 0.336 e. The number of hydrogen-bond acceptors (Lipinski definition) is 4. The third kappa shape index (κ3) is 2.47. The lowest BCUT2D eigenvalue weighted by atomic mass is 9.96. The van der Waals surface area contributed by atoms with Crippen LogP contribution in [0.4, 0.5) is 5.69 Å². The molecule has 1 heterocycles. The Labute approximate surface area is 105 Å². The van der Waals surface area contributed by atoms with Crippen molar-refractivity contribution in [3.63, 3.8) is 0 Å². The molecule has 0 spiro atoms. The molecule has 1 aromatic rings. The zero-order valence-electron chi connectivity index (χ0n) is 10.0. The normalized spacial score (nSPS) is 16.2. The minimum Gasteiger partial charge on any atom is -0.478 e. The van der Waals surface area contributed by atoms with Gasteiger partial charge >= 0.3 is 5.97 Å². The summed E-state index contributed by atoms with van der Waals surface area (Å²) in [7, 11) is 0. The minimum atomic E-state index is -0.920. The van der Waals surface area contributed by atoms with Crippen LogP contribution in [0.3, 0.4) is 0 Å². The zero-order chi connectivity index (χ0) is 13.1. The van der Waals surface area contributed by atoms with Crippen molar-refractivity contribution in [2.75, 3.05) is 24.6 Å². The molecular weight excluding hydrogens is 234 g/mol. The van der Waals surface area contributed by atoms with Crippen LogP contribution in [0.5, 0.6) is 0 Å². The van der Waals surface area contributed by atoms with Gasteiger partial charge in [0, 0.05) is 18.8 Å². The molecule has 2 rings (SSSR count). The van der Waals surface area contributed by atoms with Gasteiger partial charge in [0.1, 0.15) is 0 Å². The highest BCUT2D eigenvalue weighted by Gasteiger charge is 2.23. The third-order valence-corrected chi connectivity index (χ3v) is 3.22. The van der Waals surface area contributed by atoms with Crippen molar-refractivity contribution < 1.29 is 20.1 Å². The van der Waals surface area contributed by atoms with Crippen molar-refractivity contribution in [3.8, 4) is 0 Å². The molecule has 1 unspecified atom stereocenters.